The Balaban J connectivity index is 2.90. The molecule has 0 amide bonds. The van der Waals surface area contributed by atoms with Crippen LogP contribution in [0.25, 0.3) is 0 Å². The number of anilines is 1. The highest BCUT2D eigenvalue weighted by Crippen LogP contribution is 2.19. The zero-order valence-electron chi connectivity index (χ0n) is 9.14. The van der Waals surface area contributed by atoms with E-state index in [-0.39, 0.29) is 23.2 Å². The average Bonchev–Trinajstić information content (AvgIpc) is 2.20. The van der Waals surface area contributed by atoms with Crippen molar-refractivity contribution in [3.8, 4) is 5.88 Å². The molecule has 0 aromatic carbocycles. The number of nitrogens with two attached hydrogens (primary N) is 1. The Morgan fingerprint density at radius 2 is 2.38 bits per heavy atom. The number of nitrogens with zero attached hydrogens (tertiary/aromatic N) is 1. The Hall–Kier alpha value is -1.82. The zero-order valence-corrected chi connectivity index (χ0v) is 9.14. The molecular weight excluding hydrogens is 212 g/mol. The van der Waals surface area contributed by atoms with Gasteiger partial charge in [0.1, 0.15) is 11.7 Å². The number of carboxylic acid groups (broad SMARTS) is 1. The van der Waals surface area contributed by atoms with Gasteiger partial charge < -0.3 is 20.3 Å². The summed E-state index contributed by atoms with van der Waals surface area (Å²) in [5, 5.41) is 8.93. The molecule has 1 rings (SSSR count). The molecule has 3 N–H and O–H groups in total. The number of nitrogen functional groups attached to an aromatic ring is 1. The van der Waals surface area contributed by atoms with E-state index < -0.39 is 5.97 Å². The maximum Gasteiger partial charge on any atom is 0.341 e. The molecule has 0 aliphatic rings. The topological polar surface area (TPSA) is 94.7 Å². The fraction of sp³-hybridized carbons (Fsp3) is 0.400. The minimum Gasteiger partial charge on any atom is -0.477 e. The van der Waals surface area contributed by atoms with Crippen molar-refractivity contribution >= 4 is 11.7 Å². The molecule has 1 unspecified atom stereocenters. The Kier molecular flexibility index (Phi) is 4.07. The molecule has 1 aromatic rings. The summed E-state index contributed by atoms with van der Waals surface area (Å²) in [6.45, 7) is 2.11. The second-order valence-electron chi connectivity index (χ2n) is 3.31. The van der Waals surface area contributed by atoms with Crippen molar-refractivity contribution in [2.75, 3.05) is 19.5 Å². The molecule has 1 atom stereocenters. The lowest BCUT2D eigenvalue weighted by Gasteiger charge is -2.14. The quantitative estimate of drug-likeness (QED) is 0.770. The summed E-state index contributed by atoms with van der Waals surface area (Å²) in [6.07, 6.45) is 1.07. The van der Waals surface area contributed by atoms with Crippen LogP contribution in [-0.2, 0) is 4.74 Å². The number of aromatic nitrogens is 1. The molecule has 6 heteroatoms. The zero-order chi connectivity index (χ0) is 12.1. The number of methoxy groups -OCH3 is 1. The van der Waals surface area contributed by atoms with Gasteiger partial charge >= 0.3 is 5.97 Å². The highest BCUT2D eigenvalue weighted by molar-refractivity contribution is 5.91. The van der Waals surface area contributed by atoms with Gasteiger partial charge in [-0.1, -0.05) is 0 Å². The van der Waals surface area contributed by atoms with E-state index in [9.17, 15) is 4.79 Å². The summed E-state index contributed by atoms with van der Waals surface area (Å²) in [5.41, 5.74) is 5.68. The number of carbonyl (C=O) groups is 1. The molecule has 0 fully saturated rings. The third kappa shape index (κ3) is 3.09. The number of rotatable bonds is 5. The minimum absolute atomic E-state index is 0.0475. The summed E-state index contributed by atoms with van der Waals surface area (Å²) in [4.78, 5) is 14.7. The van der Waals surface area contributed by atoms with Gasteiger partial charge in [0.15, 0.2) is 0 Å². The number of hydrogen-bond acceptors (Lipinski definition) is 5. The first-order chi connectivity index (χ1) is 7.54. The van der Waals surface area contributed by atoms with Gasteiger partial charge in [-0.05, 0) is 13.0 Å². The third-order valence-electron chi connectivity index (χ3n) is 1.82. The summed E-state index contributed by atoms with van der Waals surface area (Å²) >= 11 is 0. The van der Waals surface area contributed by atoms with E-state index in [1.165, 1.54) is 19.4 Å². The SMILES string of the molecule is COCC(C)Oc1ncc(N)cc1C(=O)O. The second kappa shape index (κ2) is 5.32. The van der Waals surface area contributed by atoms with Crippen molar-refractivity contribution in [3.05, 3.63) is 17.8 Å². The van der Waals surface area contributed by atoms with E-state index in [2.05, 4.69) is 4.98 Å². The highest BCUT2D eigenvalue weighted by Gasteiger charge is 2.15. The van der Waals surface area contributed by atoms with Gasteiger partial charge in [-0.15, -0.1) is 0 Å². The smallest absolute Gasteiger partial charge is 0.341 e. The molecule has 1 aromatic heterocycles. The molecule has 88 valence electrons. The van der Waals surface area contributed by atoms with Crippen LogP contribution in [0.2, 0.25) is 0 Å². The number of ether oxygens (including phenoxy) is 2. The summed E-state index contributed by atoms with van der Waals surface area (Å²) in [7, 11) is 1.54. The van der Waals surface area contributed by atoms with Gasteiger partial charge in [0.2, 0.25) is 5.88 Å². The van der Waals surface area contributed by atoms with E-state index in [1.54, 1.807) is 6.92 Å². The van der Waals surface area contributed by atoms with E-state index in [0.717, 1.165) is 0 Å². The van der Waals surface area contributed by atoms with E-state index in [1.807, 2.05) is 0 Å². The normalized spacial score (nSPS) is 12.1. The lowest BCUT2D eigenvalue weighted by molar-refractivity contribution is 0.0668. The Labute approximate surface area is 93.0 Å². The largest absolute Gasteiger partial charge is 0.477 e. The van der Waals surface area contributed by atoms with Crippen molar-refractivity contribution in [1.29, 1.82) is 0 Å². The van der Waals surface area contributed by atoms with Crippen molar-refractivity contribution in [2.24, 2.45) is 0 Å². The van der Waals surface area contributed by atoms with Crippen LogP contribution >= 0.6 is 0 Å². The third-order valence-corrected chi connectivity index (χ3v) is 1.82. The van der Waals surface area contributed by atoms with E-state index in [4.69, 9.17) is 20.3 Å². The molecule has 0 saturated carbocycles. The first kappa shape index (κ1) is 12.3. The van der Waals surface area contributed by atoms with E-state index >= 15 is 0 Å². The van der Waals surface area contributed by atoms with Crippen LogP contribution in [-0.4, -0.2) is 35.9 Å². The van der Waals surface area contributed by atoms with Gasteiger partial charge in [-0.25, -0.2) is 9.78 Å². The van der Waals surface area contributed by atoms with Crippen LogP contribution in [0.1, 0.15) is 17.3 Å². The summed E-state index contributed by atoms with van der Waals surface area (Å²) in [6, 6.07) is 1.31. The van der Waals surface area contributed by atoms with Crippen LogP contribution in [0.15, 0.2) is 12.3 Å². The molecular formula is C10H14N2O4. The molecule has 0 bridgehead atoms. The fourth-order valence-corrected chi connectivity index (χ4v) is 1.17. The average molecular weight is 226 g/mol. The standard InChI is InChI=1S/C10H14N2O4/c1-6(5-15-2)16-9-8(10(13)14)3-7(11)4-12-9/h3-4,6H,5,11H2,1-2H3,(H,13,14). The van der Waals surface area contributed by atoms with Crippen molar-refractivity contribution < 1.29 is 19.4 Å². The summed E-state index contributed by atoms with van der Waals surface area (Å²) in [5.74, 6) is -1.08. The van der Waals surface area contributed by atoms with Gasteiger partial charge in [0.25, 0.3) is 0 Å². The van der Waals surface area contributed by atoms with Crippen molar-refractivity contribution in [1.82, 2.24) is 4.98 Å². The Morgan fingerprint density at radius 1 is 1.69 bits per heavy atom. The second-order valence-corrected chi connectivity index (χ2v) is 3.31. The molecule has 6 nitrogen and oxygen atoms in total. The lowest BCUT2D eigenvalue weighted by atomic mass is 10.2. The minimum atomic E-state index is -1.13. The first-order valence-electron chi connectivity index (χ1n) is 4.69. The van der Waals surface area contributed by atoms with Crippen LogP contribution in [0, 0.1) is 0 Å². The summed E-state index contributed by atoms with van der Waals surface area (Å²) < 4.78 is 10.2. The molecule has 0 radical (unpaired) electrons. The molecule has 1 heterocycles. The monoisotopic (exact) mass is 226 g/mol. The molecule has 0 spiro atoms. The maximum absolute atomic E-state index is 10.9. The number of carboxylic acids is 1. The number of pyridine rings is 1. The molecule has 0 aliphatic heterocycles. The molecule has 16 heavy (non-hydrogen) atoms. The Bertz CT molecular complexity index is 381. The molecule has 0 saturated heterocycles. The van der Waals surface area contributed by atoms with Gasteiger partial charge in [0, 0.05) is 7.11 Å². The maximum atomic E-state index is 10.9. The first-order valence-corrected chi connectivity index (χ1v) is 4.69. The van der Waals surface area contributed by atoms with Crippen molar-refractivity contribution in [3.63, 3.8) is 0 Å². The van der Waals surface area contributed by atoms with Crippen LogP contribution < -0.4 is 10.5 Å². The highest BCUT2D eigenvalue weighted by atomic mass is 16.5. The number of aromatic carboxylic acids is 1. The molecule has 0 aliphatic carbocycles. The predicted molar refractivity (Wildman–Crippen MR) is 57.6 cm³/mol. The van der Waals surface area contributed by atoms with Crippen molar-refractivity contribution in [2.45, 2.75) is 13.0 Å². The van der Waals surface area contributed by atoms with Crippen LogP contribution in [0.3, 0.4) is 0 Å². The van der Waals surface area contributed by atoms with E-state index in [0.29, 0.717) is 6.61 Å². The van der Waals surface area contributed by atoms with Gasteiger partial charge in [0.05, 0.1) is 18.5 Å². The number of hydrogen-bond donors (Lipinski definition) is 2. The predicted octanol–water partition coefficient (Wildman–Crippen LogP) is 0.776. The lowest BCUT2D eigenvalue weighted by Crippen LogP contribution is -2.20. The fourth-order valence-electron chi connectivity index (χ4n) is 1.17. The Morgan fingerprint density at radius 3 is 2.94 bits per heavy atom. The van der Waals surface area contributed by atoms with Crippen LogP contribution in [0.4, 0.5) is 5.69 Å². The van der Waals surface area contributed by atoms with Gasteiger partial charge in [-0.3, -0.25) is 0 Å². The van der Waals surface area contributed by atoms with Crippen LogP contribution in [0.5, 0.6) is 5.88 Å². The van der Waals surface area contributed by atoms with Gasteiger partial charge in [-0.2, -0.15) is 0 Å².